The molecule has 0 aromatic carbocycles. The largest absolute Gasteiger partial charge is 0.465 e. The maximum atomic E-state index is 12.1. The molecule has 106 valence electrons. The summed E-state index contributed by atoms with van der Waals surface area (Å²) in [6.07, 6.45) is 2.27. The van der Waals surface area contributed by atoms with Crippen molar-refractivity contribution in [2.45, 2.75) is 49.5 Å². The number of hydrogen-bond donors (Lipinski definition) is 1. The number of thioether (sulfide) groups is 1. The summed E-state index contributed by atoms with van der Waals surface area (Å²) in [6.45, 7) is 6.07. The topological polar surface area (TPSA) is 64.1 Å². The van der Waals surface area contributed by atoms with Crippen LogP contribution in [0.5, 0.6) is 0 Å². The van der Waals surface area contributed by atoms with Gasteiger partial charge in [-0.2, -0.15) is 0 Å². The summed E-state index contributed by atoms with van der Waals surface area (Å²) < 4.78 is 6.08. The van der Waals surface area contributed by atoms with E-state index in [1.807, 2.05) is 20.8 Å². The van der Waals surface area contributed by atoms with Gasteiger partial charge in [0.1, 0.15) is 10.5 Å². The van der Waals surface area contributed by atoms with Gasteiger partial charge in [0.15, 0.2) is 4.34 Å². The predicted octanol–water partition coefficient (Wildman–Crippen LogP) is 2.01. The smallest absolute Gasteiger partial charge is 0.326 e. The van der Waals surface area contributed by atoms with Crippen molar-refractivity contribution in [2.75, 3.05) is 12.4 Å². The molecule has 0 amide bonds. The van der Waals surface area contributed by atoms with Crippen molar-refractivity contribution in [3.63, 3.8) is 0 Å². The minimum absolute atomic E-state index is 0.185. The van der Waals surface area contributed by atoms with Crippen molar-refractivity contribution in [1.29, 1.82) is 0 Å². The summed E-state index contributed by atoms with van der Waals surface area (Å²) in [5.41, 5.74) is -0.651. The molecule has 7 heteroatoms. The van der Waals surface area contributed by atoms with E-state index in [0.717, 1.165) is 22.2 Å². The van der Waals surface area contributed by atoms with Crippen LogP contribution in [0.4, 0.5) is 0 Å². The third-order valence-corrected chi connectivity index (χ3v) is 5.10. The molecule has 1 heterocycles. The Bertz CT molecular complexity index is 448. The Balaban J connectivity index is 1.97. The zero-order valence-corrected chi connectivity index (χ0v) is 13.1. The van der Waals surface area contributed by atoms with E-state index in [0.29, 0.717) is 18.4 Å². The second kappa shape index (κ2) is 6.19. The van der Waals surface area contributed by atoms with E-state index < -0.39 is 5.54 Å². The van der Waals surface area contributed by atoms with Crippen molar-refractivity contribution < 1.29 is 9.53 Å². The van der Waals surface area contributed by atoms with Crippen molar-refractivity contribution in [3.8, 4) is 0 Å². The summed E-state index contributed by atoms with van der Waals surface area (Å²) in [5, 5.41) is 12.4. The zero-order valence-electron chi connectivity index (χ0n) is 11.4. The average Bonchev–Trinajstić information content (AvgIpc) is 3.07. The van der Waals surface area contributed by atoms with Crippen LogP contribution in [0.25, 0.3) is 0 Å². The lowest BCUT2D eigenvalue weighted by molar-refractivity contribution is -0.149. The van der Waals surface area contributed by atoms with E-state index in [-0.39, 0.29) is 5.97 Å². The Labute approximate surface area is 121 Å². The first-order chi connectivity index (χ1) is 9.03. The molecule has 0 radical (unpaired) electrons. The molecule has 1 aromatic heterocycles. The SMILES string of the molecule is CCOC(=O)C(C)(CSc1nnc(C)s1)NC1CC1. The Morgan fingerprint density at radius 2 is 2.32 bits per heavy atom. The molecule has 1 saturated carbocycles. The van der Waals surface area contributed by atoms with Gasteiger partial charge in [0.2, 0.25) is 0 Å². The Kier molecular flexibility index (Phi) is 4.81. The highest BCUT2D eigenvalue weighted by atomic mass is 32.2. The molecule has 1 aromatic rings. The van der Waals surface area contributed by atoms with Crippen LogP contribution in [-0.2, 0) is 9.53 Å². The molecule has 1 unspecified atom stereocenters. The van der Waals surface area contributed by atoms with Gasteiger partial charge in [-0.15, -0.1) is 10.2 Å². The molecule has 1 atom stereocenters. The number of aryl methyl sites for hydroxylation is 1. The summed E-state index contributed by atoms with van der Waals surface area (Å²) in [6, 6.07) is 0.450. The number of rotatable bonds is 7. The molecule has 1 fully saturated rings. The minimum Gasteiger partial charge on any atom is -0.465 e. The Morgan fingerprint density at radius 3 is 2.84 bits per heavy atom. The minimum atomic E-state index is -0.651. The molecular weight excluding hydrogens is 282 g/mol. The molecular formula is C12H19N3O2S2. The van der Waals surface area contributed by atoms with Crippen LogP contribution in [0.15, 0.2) is 4.34 Å². The highest BCUT2D eigenvalue weighted by Crippen LogP contribution is 2.29. The number of nitrogens with one attached hydrogen (secondary N) is 1. The fraction of sp³-hybridized carbons (Fsp3) is 0.750. The lowest BCUT2D eigenvalue weighted by Crippen LogP contribution is -2.53. The van der Waals surface area contributed by atoms with E-state index in [1.54, 1.807) is 23.1 Å². The van der Waals surface area contributed by atoms with Crippen LogP contribution >= 0.6 is 23.1 Å². The van der Waals surface area contributed by atoms with E-state index >= 15 is 0 Å². The first kappa shape index (κ1) is 14.7. The number of esters is 1. The highest BCUT2D eigenvalue weighted by Gasteiger charge is 2.39. The summed E-state index contributed by atoms with van der Waals surface area (Å²) in [5.74, 6) is 0.424. The Morgan fingerprint density at radius 1 is 1.58 bits per heavy atom. The van der Waals surface area contributed by atoms with Gasteiger partial charge < -0.3 is 4.74 Å². The van der Waals surface area contributed by atoms with Gasteiger partial charge in [-0.1, -0.05) is 23.1 Å². The zero-order chi connectivity index (χ0) is 13.9. The monoisotopic (exact) mass is 301 g/mol. The predicted molar refractivity (Wildman–Crippen MR) is 76.6 cm³/mol. The number of carbonyl (C=O) groups excluding carboxylic acids is 1. The maximum Gasteiger partial charge on any atom is 0.326 e. The fourth-order valence-corrected chi connectivity index (χ4v) is 3.57. The number of carbonyl (C=O) groups is 1. The lowest BCUT2D eigenvalue weighted by Gasteiger charge is -2.27. The van der Waals surface area contributed by atoms with Crippen LogP contribution in [0.3, 0.4) is 0 Å². The van der Waals surface area contributed by atoms with E-state index in [1.165, 1.54) is 0 Å². The molecule has 0 saturated heterocycles. The first-order valence-electron chi connectivity index (χ1n) is 6.41. The van der Waals surface area contributed by atoms with Crippen LogP contribution in [0.1, 0.15) is 31.7 Å². The van der Waals surface area contributed by atoms with Crippen LogP contribution in [0.2, 0.25) is 0 Å². The quantitative estimate of drug-likeness (QED) is 0.614. The molecule has 0 spiro atoms. The molecule has 0 bridgehead atoms. The summed E-state index contributed by atoms with van der Waals surface area (Å²) in [7, 11) is 0. The maximum absolute atomic E-state index is 12.1. The molecule has 2 rings (SSSR count). The number of nitrogens with zero attached hydrogens (tertiary/aromatic N) is 2. The molecule has 1 N–H and O–H groups in total. The Hall–Kier alpha value is -0.660. The van der Waals surface area contributed by atoms with Gasteiger partial charge in [0.05, 0.1) is 6.61 Å². The highest BCUT2D eigenvalue weighted by molar-refractivity contribution is 8.01. The molecule has 1 aliphatic carbocycles. The third-order valence-electron chi connectivity index (χ3n) is 2.82. The van der Waals surface area contributed by atoms with E-state index in [2.05, 4.69) is 15.5 Å². The van der Waals surface area contributed by atoms with Gasteiger partial charge in [-0.25, -0.2) is 0 Å². The van der Waals surface area contributed by atoms with E-state index in [4.69, 9.17) is 4.74 Å². The van der Waals surface area contributed by atoms with Gasteiger partial charge in [0, 0.05) is 11.8 Å². The van der Waals surface area contributed by atoms with Crippen molar-refractivity contribution in [3.05, 3.63) is 5.01 Å². The van der Waals surface area contributed by atoms with Crippen molar-refractivity contribution >= 4 is 29.1 Å². The molecule has 1 aliphatic rings. The lowest BCUT2D eigenvalue weighted by atomic mass is 10.1. The standard InChI is InChI=1S/C12H19N3O2S2/c1-4-17-10(16)12(3,13-9-5-6-9)7-18-11-15-14-8(2)19-11/h9,13H,4-7H2,1-3H3. The van der Waals surface area contributed by atoms with Crippen LogP contribution in [0, 0.1) is 6.92 Å². The molecule has 5 nitrogen and oxygen atoms in total. The normalized spacial score (nSPS) is 18.1. The summed E-state index contributed by atoms with van der Waals surface area (Å²) in [4.78, 5) is 12.1. The van der Waals surface area contributed by atoms with E-state index in [9.17, 15) is 4.79 Å². The van der Waals surface area contributed by atoms with Gasteiger partial charge in [-0.05, 0) is 33.6 Å². The first-order valence-corrected chi connectivity index (χ1v) is 8.21. The molecule has 19 heavy (non-hydrogen) atoms. The second-order valence-corrected chi connectivity index (χ2v) is 7.25. The second-order valence-electron chi connectivity index (χ2n) is 4.85. The fourth-order valence-electron chi connectivity index (χ4n) is 1.67. The van der Waals surface area contributed by atoms with Crippen LogP contribution in [-0.4, -0.2) is 40.1 Å². The average molecular weight is 301 g/mol. The van der Waals surface area contributed by atoms with Crippen molar-refractivity contribution in [1.82, 2.24) is 15.5 Å². The van der Waals surface area contributed by atoms with Gasteiger partial charge in [0.25, 0.3) is 0 Å². The number of ether oxygens (including phenoxy) is 1. The third kappa shape index (κ3) is 4.15. The van der Waals surface area contributed by atoms with Crippen molar-refractivity contribution in [2.24, 2.45) is 0 Å². The summed E-state index contributed by atoms with van der Waals surface area (Å²) >= 11 is 3.10. The van der Waals surface area contributed by atoms with Crippen LogP contribution < -0.4 is 5.32 Å². The number of hydrogen-bond acceptors (Lipinski definition) is 7. The molecule has 0 aliphatic heterocycles. The van der Waals surface area contributed by atoms with Gasteiger partial charge in [-0.3, -0.25) is 10.1 Å². The number of aromatic nitrogens is 2. The van der Waals surface area contributed by atoms with Gasteiger partial charge >= 0.3 is 5.97 Å².